The second-order valence-electron chi connectivity index (χ2n) is 2.59. The summed E-state index contributed by atoms with van der Waals surface area (Å²) in [6, 6.07) is 0. The Morgan fingerprint density at radius 3 is 2.50 bits per heavy atom. The smallest absolute Gasteiger partial charge is 0.0623 e. The summed E-state index contributed by atoms with van der Waals surface area (Å²) < 4.78 is -0.830. The first-order chi connectivity index (χ1) is 4.50. The van der Waals surface area contributed by atoms with Crippen molar-refractivity contribution in [3.8, 4) is 0 Å². The highest BCUT2D eigenvalue weighted by molar-refractivity contribution is 9.10. The zero-order valence-corrected chi connectivity index (χ0v) is 7.90. The molecule has 0 N–H and O–H groups in total. The van der Waals surface area contributed by atoms with Gasteiger partial charge in [0.25, 0.3) is 0 Å². The summed E-state index contributed by atoms with van der Waals surface area (Å²) >= 11 is 3.09. The van der Waals surface area contributed by atoms with Crippen molar-refractivity contribution in [2.75, 3.05) is 0 Å². The molecule has 3 heteroatoms. The molecule has 1 unspecified atom stereocenters. The van der Waals surface area contributed by atoms with Crippen LogP contribution < -0.4 is 5.11 Å². The quantitative estimate of drug-likeness (QED) is 0.648. The van der Waals surface area contributed by atoms with Gasteiger partial charge in [0.2, 0.25) is 0 Å². The molecule has 0 aromatic heterocycles. The van der Waals surface area contributed by atoms with Crippen molar-refractivity contribution in [2.24, 2.45) is 0 Å². The van der Waals surface area contributed by atoms with Gasteiger partial charge in [-0.05, 0) is 13.3 Å². The van der Waals surface area contributed by atoms with Gasteiger partial charge in [-0.2, -0.15) is 0 Å². The van der Waals surface area contributed by atoms with Crippen LogP contribution in [0.15, 0.2) is 0 Å². The maximum Gasteiger partial charge on any atom is 0.0623 e. The van der Waals surface area contributed by atoms with E-state index in [9.17, 15) is 9.90 Å². The average Bonchev–Trinajstić information content (AvgIpc) is 1.84. The predicted molar refractivity (Wildman–Crippen MR) is 41.9 cm³/mol. The Morgan fingerprint density at radius 2 is 2.20 bits per heavy atom. The highest BCUT2D eigenvalue weighted by Crippen LogP contribution is 2.23. The van der Waals surface area contributed by atoms with E-state index >= 15 is 0 Å². The summed E-state index contributed by atoms with van der Waals surface area (Å²) in [5, 5.41) is 10.4. The standard InChI is InChI=1S/C7H13BrO2/c1-3-4-5-7(2,8)6(9)10/h3-5H2,1-2H3,(H,9,10)/p-1. The fourth-order valence-electron chi connectivity index (χ4n) is 0.611. The number of hydrogen-bond acceptors (Lipinski definition) is 2. The minimum atomic E-state index is -1.03. The van der Waals surface area contributed by atoms with E-state index in [0.717, 1.165) is 12.8 Å². The summed E-state index contributed by atoms with van der Waals surface area (Å²) in [4.78, 5) is 10.4. The van der Waals surface area contributed by atoms with Crippen LogP contribution in [0.5, 0.6) is 0 Å². The molecule has 10 heavy (non-hydrogen) atoms. The Labute approximate surface area is 69.8 Å². The van der Waals surface area contributed by atoms with Crippen LogP contribution in [0.25, 0.3) is 0 Å². The van der Waals surface area contributed by atoms with E-state index in [1.807, 2.05) is 6.92 Å². The van der Waals surface area contributed by atoms with E-state index in [4.69, 9.17) is 0 Å². The van der Waals surface area contributed by atoms with Crippen LogP contribution in [-0.4, -0.2) is 10.3 Å². The van der Waals surface area contributed by atoms with Crippen LogP contribution in [0.4, 0.5) is 0 Å². The Hall–Kier alpha value is -0.0500. The lowest BCUT2D eigenvalue weighted by atomic mass is 10.1. The van der Waals surface area contributed by atoms with Crippen molar-refractivity contribution in [3.63, 3.8) is 0 Å². The maximum atomic E-state index is 10.4. The monoisotopic (exact) mass is 207 g/mol. The molecule has 0 bridgehead atoms. The second kappa shape index (κ2) is 3.96. The number of carbonyl (C=O) groups excluding carboxylic acids is 1. The molecular weight excluding hydrogens is 196 g/mol. The molecule has 0 aliphatic carbocycles. The van der Waals surface area contributed by atoms with Crippen LogP contribution in [-0.2, 0) is 4.79 Å². The number of rotatable bonds is 4. The molecule has 0 saturated heterocycles. The van der Waals surface area contributed by atoms with Gasteiger partial charge in [0.1, 0.15) is 0 Å². The van der Waals surface area contributed by atoms with Crippen LogP contribution in [0.1, 0.15) is 33.1 Å². The number of carboxylic acids is 1. The summed E-state index contributed by atoms with van der Waals surface area (Å²) in [6.45, 7) is 3.65. The molecule has 0 heterocycles. The van der Waals surface area contributed by atoms with Crippen LogP contribution in [0.2, 0.25) is 0 Å². The number of hydrogen-bond donors (Lipinski definition) is 0. The Kier molecular flexibility index (Phi) is 3.94. The van der Waals surface area contributed by atoms with Gasteiger partial charge >= 0.3 is 0 Å². The van der Waals surface area contributed by atoms with E-state index in [1.165, 1.54) is 0 Å². The number of carboxylic acid groups (broad SMARTS) is 1. The molecule has 0 spiro atoms. The summed E-state index contributed by atoms with van der Waals surface area (Å²) in [6.07, 6.45) is 2.55. The van der Waals surface area contributed by atoms with E-state index in [0.29, 0.717) is 6.42 Å². The van der Waals surface area contributed by atoms with Gasteiger partial charge in [-0.15, -0.1) is 0 Å². The van der Waals surface area contributed by atoms with E-state index in [-0.39, 0.29) is 0 Å². The Bertz CT molecular complexity index is 121. The van der Waals surface area contributed by atoms with Crippen LogP contribution >= 0.6 is 15.9 Å². The van der Waals surface area contributed by atoms with Gasteiger partial charge in [0, 0.05) is 0 Å². The Morgan fingerprint density at radius 1 is 1.70 bits per heavy atom. The molecule has 60 valence electrons. The van der Waals surface area contributed by atoms with Gasteiger partial charge < -0.3 is 9.90 Å². The molecule has 2 nitrogen and oxygen atoms in total. The molecule has 0 rings (SSSR count). The largest absolute Gasteiger partial charge is 0.549 e. The summed E-state index contributed by atoms with van der Waals surface area (Å²) in [5.74, 6) is -1.03. The average molecular weight is 208 g/mol. The lowest BCUT2D eigenvalue weighted by Gasteiger charge is -2.22. The summed E-state index contributed by atoms with van der Waals surface area (Å²) in [5.41, 5.74) is 0. The first kappa shape index (κ1) is 9.95. The number of aliphatic carboxylic acids is 1. The number of alkyl halides is 1. The maximum absolute atomic E-state index is 10.4. The molecule has 0 aliphatic heterocycles. The van der Waals surface area contributed by atoms with Crippen molar-refractivity contribution in [2.45, 2.75) is 37.4 Å². The van der Waals surface area contributed by atoms with Crippen molar-refractivity contribution in [1.29, 1.82) is 0 Å². The lowest BCUT2D eigenvalue weighted by molar-refractivity contribution is -0.308. The fraction of sp³-hybridized carbons (Fsp3) is 0.857. The highest BCUT2D eigenvalue weighted by Gasteiger charge is 2.20. The molecule has 0 aromatic rings. The van der Waals surface area contributed by atoms with E-state index < -0.39 is 10.3 Å². The number of carbonyl (C=O) groups is 1. The summed E-state index contributed by atoms with van der Waals surface area (Å²) in [7, 11) is 0. The molecule has 0 radical (unpaired) electrons. The van der Waals surface area contributed by atoms with Crippen molar-refractivity contribution in [1.82, 2.24) is 0 Å². The molecule has 1 atom stereocenters. The third-order valence-corrected chi connectivity index (χ3v) is 2.15. The normalized spacial score (nSPS) is 16.3. The van der Waals surface area contributed by atoms with Gasteiger partial charge in [0.15, 0.2) is 0 Å². The van der Waals surface area contributed by atoms with E-state index in [2.05, 4.69) is 15.9 Å². The molecular formula is C7H12BrO2-. The van der Waals surface area contributed by atoms with Gasteiger partial charge in [-0.25, -0.2) is 0 Å². The van der Waals surface area contributed by atoms with Crippen molar-refractivity contribution in [3.05, 3.63) is 0 Å². The molecule has 0 fully saturated rings. The van der Waals surface area contributed by atoms with Crippen LogP contribution in [0, 0.1) is 0 Å². The molecule has 0 aromatic carbocycles. The third kappa shape index (κ3) is 3.20. The SMILES string of the molecule is CCCCC(C)(Br)C(=O)[O-]. The zero-order chi connectivity index (χ0) is 8.20. The highest BCUT2D eigenvalue weighted by atomic mass is 79.9. The minimum Gasteiger partial charge on any atom is -0.549 e. The molecule has 0 saturated carbocycles. The topological polar surface area (TPSA) is 40.1 Å². The first-order valence-electron chi connectivity index (χ1n) is 3.41. The second-order valence-corrected chi connectivity index (χ2v) is 4.34. The van der Waals surface area contributed by atoms with Gasteiger partial charge in [0.05, 0.1) is 10.3 Å². The molecule has 0 aliphatic rings. The van der Waals surface area contributed by atoms with E-state index in [1.54, 1.807) is 6.92 Å². The first-order valence-corrected chi connectivity index (χ1v) is 4.20. The lowest BCUT2D eigenvalue weighted by Crippen LogP contribution is -2.41. The molecule has 0 amide bonds. The predicted octanol–water partition coefficient (Wildman–Crippen LogP) is 1.08. The third-order valence-electron chi connectivity index (χ3n) is 1.43. The van der Waals surface area contributed by atoms with Crippen molar-refractivity contribution >= 4 is 21.9 Å². The van der Waals surface area contributed by atoms with Gasteiger partial charge in [-0.1, -0.05) is 35.7 Å². The van der Waals surface area contributed by atoms with Gasteiger partial charge in [-0.3, -0.25) is 0 Å². The minimum absolute atomic E-state index is 0.631. The Balaban J connectivity index is 3.75. The number of halogens is 1. The fourth-order valence-corrected chi connectivity index (χ4v) is 0.891. The van der Waals surface area contributed by atoms with Crippen molar-refractivity contribution < 1.29 is 9.90 Å². The number of unbranched alkanes of at least 4 members (excludes halogenated alkanes) is 1. The van der Waals surface area contributed by atoms with Crippen LogP contribution in [0.3, 0.4) is 0 Å². The zero-order valence-electron chi connectivity index (χ0n) is 6.32.